The van der Waals surface area contributed by atoms with Crippen molar-refractivity contribution >= 4 is 52.2 Å². The molecule has 3 heterocycles. The van der Waals surface area contributed by atoms with Crippen LogP contribution in [-0.2, 0) is 16.2 Å². The van der Waals surface area contributed by atoms with E-state index in [1.54, 1.807) is 27.6 Å². The van der Waals surface area contributed by atoms with Gasteiger partial charge in [0.15, 0.2) is 4.87 Å². The lowest BCUT2D eigenvalue weighted by atomic mass is 10.0. The lowest BCUT2D eigenvalue weighted by Gasteiger charge is -2.33. The second-order valence-electron chi connectivity index (χ2n) is 8.41. The number of hydrogen-bond donors (Lipinski definition) is 0. The van der Waals surface area contributed by atoms with Crippen LogP contribution < -0.4 is 4.90 Å². The first kappa shape index (κ1) is 20.6. The van der Waals surface area contributed by atoms with Gasteiger partial charge in [-0.1, -0.05) is 48.0 Å². The summed E-state index contributed by atoms with van der Waals surface area (Å²) in [5.74, 6) is -0.206. The number of carbonyl (C=O) groups excluding carboxylic acids is 2. The molecule has 1 spiro atoms. The summed E-state index contributed by atoms with van der Waals surface area (Å²) in [6.07, 6.45) is 0. The third-order valence-electron chi connectivity index (χ3n) is 5.65. The third kappa shape index (κ3) is 3.28. The molecule has 31 heavy (non-hydrogen) atoms. The van der Waals surface area contributed by atoms with Crippen molar-refractivity contribution in [1.82, 2.24) is 4.90 Å². The number of halogens is 1. The molecule has 2 aliphatic heterocycles. The number of hydrogen-bond acceptors (Lipinski definition) is 4. The summed E-state index contributed by atoms with van der Waals surface area (Å²) >= 11 is 9.34. The van der Waals surface area contributed by atoms with E-state index in [0.29, 0.717) is 23.0 Å². The third-order valence-corrected chi connectivity index (χ3v) is 8.34. The molecule has 0 radical (unpaired) electrons. The number of fused-ring (bicyclic) bond motifs is 2. The van der Waals surface area contributed by atoms with Gasteiger partial charge in [0, 0.05) is 21.9 Å². The molecule has 1 saturated heterocycles. The summed E-state index contributed by atoms with van der Waals surface area (Å²) in [6.45, 7) is 5.08. The largest absolute Gasteiger partial charge is 0.309 e. The smallest absolute Gasteiger partial charge is 0.268 e. The quantitative estimate of drug-likeness (QED) is 0.490. The molecule has 5 rings (SSSR count). The standard InChI is InChI=1S/C24H21ClN2O2S2/c1-23(2)15-27(21(28)20-9-6-12-30-20)24(31-23)18-13-17(25)10-11-19(18)26(22(24)29)14-16-7-4-3-5-8-16/h3-13H,14-15H2,1-2H3/t24-/m1/s1. The summed E-state index contributed by atoms with van der Waals surface area (Å²) in [4.78, 5) is 30.8. The molecule has 0 saturated carbocycles. The van der Waals surface area contributed by atoms with E-state index in [-0.39, 0.29) is 16.6 Å². The van der Waals surface area contributed by atoms with Crippen molar-refractivity contribution in [2.45, 2.75) is 30.0 Å². The molecule has 2 amide bonds. The van der Waals surface area contributed by atoms with Crippen molar-refractivity contribution < 1.29 is 9.59 Å². The van der Waals surface area contributed by atoms with Crippen LogP contribution in [0.2, 0.25) is 5.02 Å². The molecule has 3 aromatic rings. The molecule has 0 aliphatic carbocycles. The summed E-state index contributed by atoms with van der Waals surface area (Å²) in [5.41, 5.74) is 2.64. The minimum Gasteiger partial charge on any atom is -0.309 e. The van der Waals surface area contributed by atoms with Gasteiger partial charge < -0.3 is 9.80 Å². The minimum atomic E-state index is -1.13. The number of rotatable bonds is 3. The lowest BCUT2D eigenvalue weighted by Crippen LogP contribution is -2.50. The Bertz CT molecular complexity index is 1160. The van der Waals surface area contributed by atoms with E-state index in [2.05, 4.69) is 13.8 Å². The Labute approximate surface area is 194 Å². The molecule has 158 valence electrons. The Kier molecular flexibility index (Phi) is 4.92. The first-order valence-corrected chi connectivity index (χ1v) is 12.1. The van der Waals surface area contributed by atoms with Gasteiger partial charge in [0.1, 0.15) is 0 Å². The molecule has 0 N–H and O–H groups in total. The number of carbonyl (C=O) groups is 2. The van der Waals surface area contributed by atoms with E-state index >= 15 is 0 Å². The van der Waals surface area contributed by atoms with Gasteiger partial charge >= 0.3 is 0 Å². The minimum absolute atomic E-state index is 0.0888. The molecule has 2 aromatic carbocycles. The number of amides is 2. The van der Waals surface area contributed by atoms with Gasteiger partial charge in [-0.15, -0.1) is 23.1 Å². The number of thioether (sulfide) groups is 1. The van der Waals surface area contributed by atoms with E-state index in [0.717, 1.165) is 16.8 Å². The first-order valence-electron chi connectivity index (χ1n) is 10.0. The normalized spacial score (nSPS) is 21.7. The Morgan fingerprint density at radius 1 is 1.10 bits per heavy atom. The molecule has 0 unspecified atom stereocenters. The van der Waals surface area contributed by atoms with Gasteiger partial charge in [-0.3, -0.25) is 9.59 Å². The Morgan fingerprint density at radius 3 is 2.58 bits per heavy atom. The van der Waals surface area contributed by atoms with Crippen LogP contribution in [-0.4, -0.2) is 28.0 Å². The van der Waals surface area contributed by atoms with Crippen LogP contribution in [0.4, 0.5) is 5.69 Å². The Balaban J connectivity index is 1.67. The Hall–Kier alpha value is -2.28. The molecule has 1 aromatic heterocycles. The van der Waals surface area contributed by atoms with Crippen molar-refractivity contribution in [3.8, 4) is 0 Å². The molecule has 1 fully saturated rings. The number of benzene rings is 2. The number of anilines is 1. The average molecular weight is 469 g/mol. The topological polar surface area (TPSA) is 40.6 Å². The molecule has 1 atom stereocenters. The van der Waals surface area contributed by atoms with E-state index in [1.807, 2.05) is 60.0 Å². The van der Waals surface area contributed by atoms with Gasteiger partial charge in [0.25, 0.3) is 11.8 Å². The van der Waals surface area contributed by atoms with Crippen molar-refractivity contribution in [2.24, 2.45) is 0 Å². The SMILES string of the molecule is CC1(C)CN(C(=O)c2cccs2)[C@]2(S1)C(=O)N(Cc1ccccc1)c1ccc(Cl)cc12. The van der Waals surface area contributed by atoms with Gasteiger partial charge in [-0.25, -0.2) is 0 Å². The van der Waals surface area contributed by atoms with Crippen LogP contribution in [0.3, 0.4) is 0 Å². The fourth-order valence-corrected chi connectivity index (χ4v) is 7.00. The zero-order valence-corrected chi connectivity index (χ0v) is 19.6. The zero-order valence-electron chi connectivity index (χ0n) is 17.2. The maximum atomic E-state index is 14.1. The van der Waals surface area contributed by atoms with Crippen molar-refractivity contribution in [3.63, 3.8) is 0 Å². The highest BCUT2D eigenvalue weighted by atomic mass is 35.5. The maximum absolute atomic E-state index is 14.1. The van der Waals surface area contributed by atoms with E-state index in [1.165, 1.54) is 11.3 Å². The van der Waals surface area contributed by atoms with E-state index < -0.39 is 4.87 Å². The van der Waals surface area contributed by atoms with Crippen LogP contribution in [0.1, 0.15) is 34.6 Å². The molecule has 4 nitrogen and oxygen atoms in total. The highest BCUT2D eigenvalue weighted by Gasteiger charge is 2.63. The van der Waals surface area contributed by atoms with Crippen molar-refractivity contribution in [3.05, 3.63) is 87.1 Å². The second kappa shape index (κ2) is 7.40. The van der Waals surface area contributed by atoms with Crippen molar-refractivity contribution in [1.29, 1.82) is 0 Å². The molecule has 7 heteroatoms. The summed E-state index contributed by atoms with van der Waals surface area (Å²) in [6, 6.07) is 19.1. The maximum Gasteiger partial charge on any atom is 0.268 e. The molecule has 2 aliphatic rings. The first-order chi connectivity index (χ1) is 14.8. The lowest BCUT2D eigenvalue weighted by molar-refractivity contribution is -0.123. The average Bonchev–Trinajstić information content (AvgIpc) is 3.43. The van der Waals surface area contributed by atoms with Crippen LogP contribution in [0, 0.1) is 0 Å². The number of thiophene rings is 1. The van der Waals surface area contributed by atoms with Gasteiger partial charge in [-0.2, -0.15) is 0 Å². The van der Waals surface area contributed by atoms with E-state index in [4.69, 9.17) is 11.6 Å². The molecular formula is C24H21ClN2O2S2. The van der Waals surface area contributed by atoms with Crippen molar-refractivity contribution in [2.75, 3.05) is 11.4 Å². The van der Waals surface area contributed by atoms with Crippen LogP contribution >= 0.6 is 34.7 Å². The predicted molar refractivity (Wildman–Crippen MR) is 128 cm³/mol. The Morgan fingerprint density at radius 2 is 1.87 bits per heavy atom. The number of nitrogens with zero attached hydrogens (tertiary/aromatic N) is 2. The van der Waals surface area contributed by atoms with Gasteiger partial charge in [0.2, 0.25) is 0 Å². The van der Waals surface area contributed by atoms with Gasteiger partial charge in [-0.05, 0) is 49.1 Å². The fourth-order valence-electron chi connectivity index (χ4n) is 4.43. The van der Waals surface area contributed by atoms with Gasteiger partial charge in [0.05, 0.1) is 17.1 Å². The second-order valence-corrected chi connectivity index (χ2v) is 11.7. The van der Waals surface area contributed by atoms with Crippen LogP contribution in [0.5, 0.6) is 0 Å². The molecular weight excluding hydrogens is 448 g/mol. The van der Waals surface area contributed by atoms with Crippen LogP contribution in [0.15, 0.2) is 66.0 Å². The molecule has 0 bridgehead atoms. The highest BCUT2D eigenvalue weighted by molar-refractivity contribution is 8.02. The zero-order chi connectivity index (χ0) is 21.8. The van der Waals surface area contributed by atoms with E-state index in [9.17, 15) is 9.59 Å². The predicted octanol–water partition coefficient (Wildman–Crippen LogP) is 5.77. The highest BCUT2D eigenvalue weighted by Crippen LogP contribution is 2.60. The monoisotopic (exact) mass is 468 g/mol. The summed E-state index contributed by atoms with van der Waals surface area (Å²) in [7, 11) is 0. The summed E-state index contributed by atoms with van der Waals surface area (Å²) < 4.78 is -0.287. The summed E-state index contributed by atoms with van der Waals surface area (Å²) in [5, 5.41) is 2.44. The van der Waals surface area contributed by atoms with Crippen LogP contribution in [0.25, 0.3) is 0 Å². The fraction of sp³-hybridized carbons (Fsp3) is 0.250.